The van der Waals surface area contributed by atoms with Crippen molar-refractivity contribution in [3.8, 4) is 0 Å². The summed E-state index contributed by atoms with van der Waals surface area (Å²) in [5.41, 5.74) is 3.27. The van der Waals surface area contributed by atoms with Gasteiger partial charge in [-0.3, -0.25) is 15.0 Å². The largest absolute Gasteiger partial charge is 0.274 e. The molecule has 23 heavy (non-hydrogen) atoms. The molecule has 3 aromatic rings. The number of fused-ring (bicyclic) bond motifs is 1. The number of aryl methyl sites for hydroxylation is 1. The van der Waals surface area contributed by atoms with Crippen LogP contribution in [-0.4, -0.2) is 15.6 Å². The molecular formula is C16H11Cl2N3O2. The molecule has 0 aliphatic heterocycles. The summed E-state index contributed by atoms with van der Waals surface area (Å²) in [6, 6.07) is 9.81. The van der Waals surface area contributed by atoms with Crippen LogP contribution in [0.15, 0.2) is 47.4 Å². The van der Waals surface area contributed by atoms with Crippen molar-refractivity contribution in [1.29, 1.82) is 0 Å². The van der Waals surface area contributed by atoms with Crippen molar-refractivity contribution in [3.05, 3.63) is 74.1 Å². The van der Waals surface area contributed by atoms with Crippen LogP contribution in [0, 0.1) is 6.92 Å². The van der Waals surface area contributed by atoms with Gasteiger partial charge < -0.3 is 0 Å². The van der Waals surface area contributed by atoms with Crippen LogP contribution in [0.2, 0.25) is 10.0 Å². The first kappa shape index (κ1) is 15.5. The van der Waals surface area contributed by atoms with Crippen molar-refractivity contribution in [2.24, 2.45) is 0 Å². The van der Waals surface area contributed by atoms with Gasteiger partial charge >= 0.3 is 0 Å². The number of nitrogens with zero attached hydrogens (tertiary/aromatic N) is 2. The minimum Gasteiger partial charge on any atom is -0.267 e. The predicted molar refractivity (Wildman–Crippen MR) is 90.9 cm³/mol. The third-order valence-electron chi connectivity index (χ3n) is 3.33. The van der Waals surface area contributed by atoms with Crippen LogP contribution in [0.25, 0.3) is 11.0 Å². The van der Waals surface area contributed by atoms with E-state index in [2.05, 4.69) is 10.4 Å². The van der Waals surface area contributed by atoms with E-state index in [1.165, 1.54) is 12.1 Å². The fraction of sp³-hybridized carbons (Fsp3) is 0.0625. The molecule has 0 aliphatic carbocycles. The van der Waals surface area contributed by atoms with Gasteiger partial charge in [-0.2, -0.15) is 4.68 Å². The van der Waals surface area contributed by atoms with Crippen LogP contribution in [-0.2, 0) is 0 Å². The summed E-state index contributed by atoms with van der Waals surface area (Å²) in [6.45, 7) is 1.67. The molecule has 0 unspecified atom stereocenters. The second-order valence-electron chi connectivity index (χ2n) is 4.95. The van der Waals surface area contributed by atoms with E-state index < -0.39 is 5.91 Å². The molecule has 0 aliphatic rings. The highest BCUT2D eigenvalue weighted by molar-refractivity contribution is 6.37. The summed E-state index contributed by atoms with van der Waals surface area (Å²) in [6.07, 6.45) is 1.55. The Balaban J connectivity index is 2.09. The van der Waals surface area contributed by atoms with Gasteiger partial charge in [0.05, 0.1) is 10.6 Å². The second-order valence-corrected chi connectivity index (χ2v) is 5.79. The van der Waals surface area contributed by atoms with Crippen molar-refractivity contribution in [1.82, 2.24) is 9.66 Å². The van der Waals surface area contributed by atoms with E-state index in [9.17, 15) is 9.59 Å². The van der Waals surface area contributed by atoms with Crippen molar-refractivity contribution < 1.29 is 4.79 Å². The summed E-state index contributed by atoms with van der Waals surface area (Å²) in [5, 5.41) is 1.37. The molecule has 116 valence electrons. The maximum Gasteiger partial charge on any atom is 0.274 e. The standard InChI is InChI=1S/C16H11Cl2N3O2/c1-9-7-10-3-2-6-19-14(10)21(16(9)23)20-15(22)12-5-4-11(17)8-13(12)18/h2-8H,1H3,(H,20,22). The summed E-state index contributed by atoms with van der Waals surface area (Å²) >= 11 is 11.9. The Kier molecular flexibility index (Phi) is 4.07. The molecule has 7 heteroatoms. The summed E-state index contributed by atoms with van der Waals surface area (Å²) in [4.78, 5) is 28.9. The Morgan fingerprint density at radius 3 is 2.74 bits per heavy atom. The number of amides is 1. The Morgan fingerprint density at radius 1 is 1.22 bits per heavy atom. The van der Waals surface area contributed by atoms with Crippen LogP contribution in [0.5, 0.6) is 0 Å². The molecule has 2 aromatic heterocycles. The number of benzene rings is 1. The number of hydrogen-bond donors (Lipinski definition) is 1. The second kappa shape index (κ2) is 6.02. The molecule has 0 fully saturated rings. The van der Waals surface area contributed by atoms with E-state index in [0.717, 1.165) is 10.1 Å². The van der Waals surface area contributed by atoms with Crippen molar-refractivity contribution in [2.45, 2.75) is 6.92 Å². The Bertz CT molecular complexity index is 983. The van der Waals surface area contributed by atoms with Gasteiger partial charge in [0.25, 0.3) is 11.5 Å². The molecule has 0 radical (unpaired) electrons. The number of rotatable bonds is 2. The van der Waals surface area contributed by atoms with Gasteiger partial charge in [-0.05, 0) is 43.3 Å². The van der Waals surface area contributed by atoms with Gasteiger partial charge in [-0.15, -0.1) is 0 Å². The molecular weight excluding hydrogens is 337 g/mol. The number of carbonyl (C=O) groups is 1. The highest BCUT2D eigenvalue weighted by atomic mass is 35.5. The first-order chi connectivity index (χ1) is 11.0. The van der Waals surface area contributed by atoms with Crippen LogP contribution >= 0.6 is 23.2 Å². The molecule has 1 amide bonds. The number of pyridine rings is 2. The van der Waals surface area contributed by atoms with Crippen molar-refractivity contribution in [3.63, 3.8) is 0 Å². The molecule has 0 saturated carbocycles. The lowest BCUT2D eigenvalue weighted by molar-refractivity contribution is 0.101. The van der Waals surface area contributed by atoms with Crippen LogP contribution in [0.1, 0.15) is 15.9 Å². The number of aromatic nitrogens is 2. The Morgan fingerprint density at radius 2 is 2.00 bits per heavy atom. The molecule has 2 heterocycles. The molecule has 0 atom stereocenters. The fourth-order valence-electron chi connectivity index (χ4n) is 2.22. The van der Waals surface area contributed by atoms with E-state index in [0.29, 0.717) is 16.2 Å². The summed E-state index contributed by atoms with van der Waals surface area (Å²) in [5.74, 6) is -0.522. The van der Waals surface area contributed by atoms with E-state index in [4.69, 9.17) is 23.2 Å². The third-order valence-corrected chi connectivity index (χ3v) is 3.88. The zero-order chi connectivity index (χ0) is 16.6. The van der Waals surface area contributed by atoms with Crippen LogP contribution < -0.4 is 11.0 Å². The normalized spacial score (nSPS) is 10.7. The smallest absolute Gasteiger partial charge is 0.267 e. The lowest BCUT2D eigenvalue weighted by atomic mass is 10.2. The average molecular weight is 348 g/mol. The van der Waals surface area contributed by atoms with E-state index in [1.54, 1.807) is 31.3 Å². The van der Waals surface area contributed by atoms with Gasteiger partial charge in [-0.25, -0.2) is 4.98 Å². The lowest BCUT2D eigenvalue weighted by Gasteiger charge is -2.12. The van der Waals surface area contributed by atoms with Gasteiger partial charge in [0, 0.05) is 22.2 Å². The number of hydrogen-bond acceptors (Lipinski definition) is 3. The minimum atomic E-state index is -0.522. The molecule has 1 aromatic carbocycles. The van der Waals surface area contributed by atoms with E-state index >= 15 is 0 Å². The third kappa shape index (κ3) is 2.93. The highest BCUT2D eigenvalue weighted by Crippen LogP contribution is 2.21. The maximum absolute atomic E-state index is 12.4. The molecule has 0 bridgehead atoms. The number of halogens is 2. The van der Waals surface area contributed by atoms with Crippen molar-refractivity contribution >= 4 is 40.1 Å². The fourth-order valence-corrected chi connectivity index (χ4v) is 2.71. The van der Waals surface area contributed by atoms with Gasteiger partial charge in [0.1, 0.15) is 0 Å². The molecule has 1 N–H and O–H groups in total. The SMILES string of the molecule is Cc1cc2cccnc2n(NC(=O)c2ccc(Cl)cc2Cl)c1=O. The first-order valence-electron chi connectivity index (χ1n) is 6.71. The predicted octanol–water partition coefficient (Wildman–Crippen LogP) is 3.40. The zero-order valence-corrected chi connectivity index (χ0v) is 13.5. The van der Waals surface area contributed by atoms with Gasteiger partial charge in [0.2, 0.25) is 0 Å². The highest BCUT2D eigenvalue weighted by Gasteiger charge is 2.14. The maximum atomic E-state index is 12.4. The summed E-state index contributed by atoms with van der Waals surface area (Å²) in [7, 11) is 0. The zero-order valence-electron chi connectivity index (χ0n) is 12.0. The van der Waals surface area contributed by atoms with Gasteiger partial charge in [0.15, 0.2) is 5.65 Å². The topological polar surface area (TPSA) is 64.0 Å². The van der Waals surface area contributed by atoms with Gasteiger partial charge in [-0.1, -0.05) is 23.2 Å². The molecule has 0 saturated heterocycles. The lowest BCUT2D eigenvalue weighted by Crippen LogP contribution is -2.34. The monoisotopic (exact) mass is 347 g/mol. The number of nitrogens with one attached hydrogen (secondary N) is 1. The molecule has 3 rings (SSSR count). The number of carbonyl (C=O) groups excluding carboxylic acids is 1. The van der Waals surface area contributed by atoms with Crippen LogP contribution in [0.4, 0.5) is 0 Å². The first-order valence-corrected chi connectivity index (χ1v) is 7.47. The molecule has 5 nitrogen and oxygen atoms in total. The minimum absolute atomic E-state index is 0.202. The van der Waals surface area contributed by atoms with E-state index in [1.807, 2.05) is 6.07 Å². The van der Waals surface area contributed by atoms with Crippen molar-refractivity contribution in [2.75, 3.05) is 5.43 Å². The Labute approximate surface area is 141 Å². The molecule has 0 spiro atoms. The average Bonchev–Trinajstić information content (AvgIpc) is 2.51. The summed E-state index contributed by atoms with van der Waals surface area (Å²) < 4.78 is 1.12. The quantitative estimate of drug-likeness (QED) is 0.772. The van der Waals surface area contributed by atoms with E-state index in [-0.39, 0.29) is 16.1 Å². The van der Waals surface area contributed by atoms with Crippen LogP contribution in [0.3, 0.4) is 0 Å². The Hall–Kier alpha value is -2.37.